The average Bonchev–Trinajstić information content (AvgIpc) is 2.36. The van der Waals surface area contributed by atoms with Crippen molar-refractivity contribution >= 4 is 23.4 Å². The number of urea groups is 1. The molecule has 0 atom stereocenters. The number of rotatable bonds is 5. The summed E-state index contributed by atoms with van der Waals surface area (Å²) in [6, 6.07) is 3.85. The summed E-state index contributed by atoms with van der Waals surface area (Å²) < 4.78 is 0. The molecule has 8 heteroatoms. The molecule has 0 bridgehead atoms. The van der Waals surface area contributed by atoms with Crippen molar-refractivity contribution in [3.63, 3.8) is 0 Å². The van der Waals surface area contributed by atoms with Crippen molar-refractivity contribution < 1.29 is 19.6 Å². The number of benzene rings is 1. The predicted octanol–water partition coefficient (Wildman–Crippen LogP) is 2.49. The normalized spacial score (nSPS) is 10.9. The Morgan fingerprint density at radius 2 is 1.95 bits per heavy atom. The number of aliphatic carboxylic acids is 1. The molecular formula is C14H19N3O5. The van der Waals surface area contributed by atoms with Crippen molar-refractivity contribution in [2.24, 2.45) is 0 Å². The third-order valence-corrected chi connectivity index (χ3v) is 2.88. The van der Waals surface area contributed by atoms with Crippen molar-refractivity contribution in [1.82, 2.24) is 5.32 Å². The summed E-state index contributed by atoms with van der Waals surface area (Å²) in [5, 5.41) is 24.4. The topological polar surface area (TPSA) is 122 Å². The van der Waals surface area contributed by atoms with Gasteiger partial charge in [0.05, 0.1) is 11.3 Å². The van der Waals surface area contributed by atoms with Gasteiger partial charge in [-0.05, 0) is 17.5 Å². The Bertz CT molecular complexity index is 593. The number of nitrogens with zero attached hydrogens (tertiary/aromatic N) is 1. The number of carbonyl (C=O) groups excluding carboxylic acids is 1. The molecule has 8 nitrogen and oxygen atoms in total. The molecule has 120 valence electrons. The molecule has 0 unspecified atom stereocenters. The third kappa shape index (κ3) is 5.04. The molecule has 1 rings (SSSR count). The Morgan fingerprint density at radius 1 is 1.32 bits per heavy atom. The first-order valence-electron chi connectivity index (χ1n) is 6.67. The van der Waals surface area contributed by atoms with Crippen LogP contribution in [0, 0.1) is 10.1 Å². The van der Waals surface area contributed by atoms with E-state index >= 15 is 0 Å². The highest BCUT2D eigenvalue weighted by molar-refractivity contribution is 5.90. The molecule has 0 radical (unpaired) electrons. The number of nitro groups is 1. The molecule has 0 fully saturated rings. The molecule has 0 aliphatic heterocycles. The van der Waals surface area contributed by atoms with E-state index in [0.717, 1.165) is 0 Å². The van der Waals surface area contributed by atoms with Gasteiger partial charge in [-0.2, -0.15) is 0 Å². The first-order valence-corrected chi connectivity index (χ1v) is 6.67. The Kier molecular flexibility index (Phi) is 5.44. The maximum absolute atomic E-state index is 11.6. The van der Waals surface area contributed by atoms with Crippen molar-refractivity contribution in [3.8, 4) is 0 Å². The Morgan fingerprint density at radius 3 is 2.45 bits per heavy atom. The molecule has 1 aromatic carbocycles. The number of carboxylic acids is 1. The average molecular weight is 309 g/mol. The number of hydrogen-bond donors (Lipinski definition) is 3. The zero-order valence-corrected chi connectivity index (χ0v) is 12.7. The minimum Gasteiger partial charge on any atom is -0.481 e. The van der Waals surface area contributed by atoms with Crippen molar-refractivity contribution in [2.45, 2.75) is 32.6 Å². The van der Waals surface area contributed by atoms with Gasteiger partial charge < -0.3 is 15.7 Å². The fourth-order valence-electron chi connectivity index (χ4n) is 1.85. The molecule has 1 aromatic rings. The van der Waals surface area contributed by atoms with Crippen molar-refractivity contribution in [2.75, 3.05) is 11.9 Å². The number of nitrogens with one attached hydrogen (secondary N) is 2. The van der Waals surface area contributed by atoms with Crippen LogP contribution in [0.25, 0.3) is 0 Å². The zero-order valence-electron chi connectivity index (χ0n) is 12.7. The summed E-state index contributed by atoms with van der Waals surface area (Å²) in [6.45, 7) is 5.56. The second-order valence-electron chi connectivity index (χ2n) is 5.76. The minimum absolute atomic E-state index is 0.0245. The quantitative estimate of drug-likeness (QED) is 0.570. The van der Waals surface area contributed by atoms with Gasteiger partial charge >= 0.3 is 12.0 Å². The molecule has 0 aliphatic carbocycles. The maximum atomic E-state index is 11.6. The predicted molar refractivity (Wildman–Crippen MR) is 81.1 cm³/mol. The monoisotopic (exact) mass is 309 g/mol. The van der Waals surface area contributed by atoms with Gasteiger partial charge in [0.2, 0.25) is 0 Å². The molecule has 0 heterocycles. The van der Waals surface area contributed by atoms with Crippen LogP contribution in [0.5, 0.6) is 0 Å². The van der Waals surface area contributed by atoms with E-state index in [4.69, 9.17) is 5.11 Å². The van der Waals surface area contributed by atoms with Crippen LogP contribution in [0.1, 0.15) is 32.8 Å². The van der Waals surface area contributed by atoms with Gasteiger partial charge in [-0.3, -0.25) is 14.9 Å². The minimum atomic E-state index is -1.02. The van der Waals surface area contributed by atoms with E-state index in [1.165, 1.54) is 6.07 Å². The van der Waals surface area contributed by atoms with Crippen LogP contribution in [0.4, 0.5) is 16.2 Å². The van der Waals surface area contributed by atoms with Gasteiger partial charge in [0.15, 0.2) is 0 Å². The highest BCUT2D eigenvalue weighted by Gasteiger charge is 2.25. The van der Waals surface area contributed by atoms with Gasteiger partial charge in [0, 0.05) is 23.9 Å². The maximum Gasteiger partial charge on any atom is 0.319 e. The Hall–Kier alpha value is -2.64. The standard InChI is InChI=1S/C14H19N3O5/c1-14(2,3)10-5-4-9(8-11(10)17(21)22)16-13(20)15-7-6-12(18)19/h4-5,8H,6-7H2,1-3H3,(H,18,19)(H2,15,16,20). The SMILES string of the molecule is CC(C)(C)c1ccc(NC(=O)NCCC(=O)O)cc1[N+](=O)[O-]. The molecule has 0 spiro atoms. The lowest BCUT2D eigenvalue weighted by Gasteiger charge is -2.19. The van der Waals surface area contributed by atoms with Crippen molar-refractivity contribution in [3.05, 3.63) is 33.9 Å². The van der Waals surface area contributed by atoms with E-state index in [1.807, 2.05) is 20.8 Å². The van der Waals surface area contributed by atoms with E-state index in [9.17, 15) is 19.7 Å². The number of amides is 2. The fourth-order valence-corrected chi connectivity index (χ4v) is 1.85. The second kappa shape index (κ2) is 6.88. The zero-order chi connectivity index (χ0) is 16.9. The van der Waals surface area contributed by atoms with Crippen molar-refractivity contribution in [1.29, 1.82) is 0 Å². The highest BCUT2D eigenvalue weighted by atomic mass is 16.6. The molecule has 3 N–H and O–H groups in total. The lowest BCUT2D eigenvalue weighted by atomic mass is 9.85. The van der Waals surface area contributed by atoms with Crippen LogP contribution in [0.3, 0.4) is 0 Å². The number of anilines is 1. The van der Waals surface area contributed by atoms with Crippen LogP contribution >= 0.6 is 0 Å². The summed E-state index contributed by atoms with van der Waals surface area (Å²) in [7, 11) is 0. The van der Waals surface area contributed by atoms with Gasteiger partial charge in [-0.15, -0.1) is 0 Å². The Labute approximate surface area is 127 Å². The number of carbonyl (C=O) groups is 2. The molecule has 0 saturated heterocycles. The summed E-state index contributed by atoms with van der Waals surface area (Å²) >= 11 is 0. The van der Waals surface area contributed by atoms with Crippen LogP contribution in [-0.2, 0) is 10.2 Å². The van der Waals surface area contributed by atoms with E-state index < -0.39 is 22.3 Å². The number of hydrogen-bond acceptors (Lipinski definition) is 4. The lowest BCUT2D eigenvalue weighted by molar-refractivity contribution is -0.385. The molecular weight excluding hydrogens is 290 g/mol. The summed E-state index contributed by atoms with van der Waals surface area (Å²) in [4.78, 5) is 32.6. The first-order chi connectivity index (χ1) is 10.1. The van der Waals surface area contributed by atoms with Gasteiger partial charge in [0.1, 0.15) is 0 Å². The Balaban J connectivity index is 2.85. The number of nitro benzene ring substituents is 1. The lowest BCUT2D eigenvalue weighted by Crippen LogP contribution is -2.30. The molecule has 2 amide bonds. The van der Waals surface area contributed by atoms with E-state index in [2.05, 4.69) is 10.6 Å². The third-order valence-electron chi connectivity index (χ3n) is 2.88. The van der Waals surface area contributed by atoms with Crippen LogP contribution < -0.4 is 10.6 Å². The van der Waals surface area contributed by atoms with Crippen LogP contribution in [0.15, 0.2) is 18.2 Å². The molecule has 0 aromatic heterocycles. The second-order valence-corrected chi connectivity index (χ2v) is 5.76. The van der Waals surface area contributed by atoms with E-state index in [-0.39, 0.29) is 24.3 Å². The van der Waals surface area contributed by atoms with Gasteiger partial charge in [0.25, 0.3) is 5.69 Å². The smallest absolute Gasteiger partial charge is 0.319 e. The van der Waals surface area contributed by atoms with E-state index in [0.29, 0.717) is 5.56 Å². The fraction of sp³-hybridized carbons (Fsp3) is 0.429. The molecule has 0 saturated carbocycles. The van der Waals surface area contributed by atoms with E-state index in [1.54, 1.807) is 12.1 Å². The first kappa shape index (κ1) is 17.4. The summed E-state index contributed by atoms with van der Waals surface area (Å²) in [5.74, 6) is -1.02. The number of carboxylic acid groups (broad SMARTS) is 1. The largest absolute Gasteiger partial charge is 0.481 e. The molecule has 22 heavy (non-hydrogen) atoms. The van der Waals surface area contributed by atoms with Crippen LogP contribution in [-0.4, -0.2) is 28.6 Å². The van der Waals surface area contributed by atoms with Gasteiger partial charge in [-0.1, -0.05) is 20.8 Å². The molecule has 0 aliphatic rings. The van der Waals surface area contributed by atoms with Gasteiger partial charge in [-0.25, -0.2) is 4.79 Å². The van der Waals surface area contributed by atoms with Crippen LogP contribution in [0.2, 0.25) is 0 Å². The highest BCUT2D eigenvalue weighted by Crippen LogP contribution is 2.33. The summed E-state index contributed by atoms with van der Waals surface area (Å²) in [5.41, 5.74) is 0.364. The summed E-state index contributed by atoms with van der Waals surface area (Å²) in [6.07, 6.45) is -0.198.